The van der Waals surface area contributed by atoms with Crippen LogP contribution in [0.25, 0.3) is 0 Å². The molecule has 126 valence electrons. The van der Waals surface area contributed by atoms with Crippen molar-refractivity contribution >= 4 is 20.1 Å². The van der Waals surface area contributed by atoms with Crippen LogP contribution in [0.1, 0.15) is 20.3 Å². The summed E-state index contributed by atoms with van der Waals surface area (Å²) in [5.41, 5.74) is 0. The van der Waals surface area contributed by atoms with Crippen molar-refractivity contribution in [3.8, 4) is 5.75 Å². The number of hydrogen-bond acceptors (Lipinski definition) is 5. The molecule has 0 fully saturated rings. The van der Waals surface area contributed by atoms with Gasteiger partial charge in [0.1, 0.15) is 5.75 Å². The second-order valence-corrected chi connectivity index (χ2v) is 8.72. The van der Waals surface area contributed by atoms with E-state index in [0.717, 1.165) is 4.31 Å². The first-order valence-electron chi connectivity index (χ1n) is 6.70. The van der Waals surface area contributed by atoms with Gasteiger partial charge in [-0.3, -0.25) is 4.55 Å². The van der Waals surface area contributed by atoms with E-state index in [0.29, 0.717) is 5.75 Å². The van der Waals surface area contributed by atoms with E-state index in [-0.39, 0.29) is 24.0 Å². The van der Waals surface area contributed by atoms with Gasteiger partial charge in [-0.05, 0) is 44.5 Å². The molecule has 0 saturated carbocycles. The molecule has 22 heavy (non-hydrogen) atoms. The molecule has 0 aliphatic carbocycles. The van der Waals surface area contributed by atoms with Crippen LogP contribution in [0.2, 0.25) is 0 Å². The minimum Gasteiger partial charge on any atom is -0.491 e. The zero-order valence-corrected chi connectivity index (χ0v) is 14.4. The van der Waals surface area contributed by atoms with Gasteiger partial charge in [-0.2, -0.15) is 8.42 Å². The molecular formula is C13H21NO6S2. The van der Waals surface area contributed by atoms with Gasteiger partial charge in [0.15, 0.2) is 0 Å². The van der Waals surface area contributed by atoms with Crippen LogP contribution in [0.15, 0.2) is 29.2 Å². The molecule has 0 atom stereocenters. The van der Waals surface area contributed by atoms with Gasteiger partial charge in [0.2, 0.25) is 10.0 Å². The molecule has 9 heteroatoms. The summed E-state index contributed by atoms with van der Waals surface area (Å²) >= 11 is 0. The molecule has 0 aliphatic rings. The molecular weight excluding hydrogens is 330 g/mol. The average molecular weight is 351 g/mol. The monoisotopic (exact) mass is 351 g/mol. The summed E-state index contributed by atoms with van der Waals surface area (Å²) in [7, 11) is -6.43. The van der Waals surface area contributed by atoms with Crippen LogP contribution in [-0.2, 0) is 20.1 Å². The molecule has 0 bridgehead atoms. The molecule has 0 saturated heterocycles. The van der Waals surface area contributed by atoms with Gasteiger partial charge in [0, 0.05) is 13.6 Å². The fourth-order valence-electron chi connectivity index (χ4n) is 1.73. The molecule has 0 aliphatic heterocycles. The Bertz CT molecular complexity index is 680. The molecule has 0 radical (unpaired) electrons. The molecule has 0 aromatic heterocycles. The maximum Gasteiger partial charge on any atom is 0.264 e. The van der Waals surface area contributed by atoms with Gasteiger partial charge in [-0.1, -0.05) is 0 Å². The van der Waals surface area contributed by atoms with Crippen LogP contribution in [0.3, 0.4) is 0 Å². The molecule has 0 spiro atoms. The van der Waals surface area contributed by atoms with Crippen molar-refractivity contribution in [3.63, 3.8) is 0 Å². The van der Waals surface area contributed by atoms with Gasteiger partial charge >= 0.3 is 0 Å². The Hall–Kier alpha value is -1.16. The maximum absolute atomic E-state index is 12.3. The largest absolute Gasteiger partial charge is 0.491 e. The van der Waals surface area contributed by atoms with Gasteiger partial charge < -0.3 is 4.74 Å². The fourth-order valence-corrected chi connectivity index (χ4v) is 3.44. The van der Waals surface area contributed by atoms with Crippen molar-refractivity contribution < 1.29 is 26.1 Å². The molecule has 0 amide bonds. The number of rotatable bonds is 8. The summed E-state index contributed by atoms with van der Waals surface area (Å²) in [6.45, 7) is 3.73. The van der Waals surface area contributed by atoms with Crippen LogP contribution in [0, 0.1) is 0 Å². The quantitative estimate of drug-likeness (QED) is 0.710. The van der Waals surface area contributed by atoms with Gasteiger partial charge in [-0.25, -0.2) is 12.7 Å². The van der Waals surface area contributed by atoms with E-state index in [1.807, 2.05) is 13.8 Å². The summed E-state index contributed by atoms with van der Waals surface area (Å²) in [5, 5.41) is 0. The summed E-state index contributed by atoms with van der Waals surface area (Å²) in [4.78, 5) is 0.0953. The normalized spacial score (nSPS) is 12.8. The molecule has 1 aromatic carbocycles. The minimum atomic E-state index is -4.09. The second-order valence-electron chi connectivity index (χ2n) is 5.10. The lowest BCUT2D eigenvalue weighted by Crippen LogP contribution is -2.29. The zero-order chi connectivity index (χ0) is 17.0. The number of ether oxygens (including phenoxy) is 1. The van der Waals surface area contributed by atoms with E-state index in [2.05, 4.69) is 0 Å². The van der Waals surface area contributed by atoms with E-state index in [9.17, 15) is 16.8 Å². The van der Waals surface area contributed by atoms with Crippen molar-refractivity contribution in [1.82, 2.24) is 4.31 Å². The SMILES string of the molecule is CC(C)Oc1ccc(S(=O)(=O)N(C)CCCS(=O)(=O)O)cc1. The van der Waals surface area contributed by atoms with E-state index in [4.69, 9.17) is 9.29 Å². The van der Waals surface area contributed by atoms with Crippen LogP contribution in [0.5, 0.6) is 5.75 Å². The smallest absolute Gasteiger partial charge is 0.264 e. The van der Waals surface area contributed by atoms with E-state index >= 15 is 0 Å². The second kappa shape index (κ2) is 7.40. The van der Waals surface area contributed by atoms with Crippen molar-refractivity contribution in [2.45, 2.75) is 31.3 Å². The third-order valence-corrected chi connectivity index (χ3v) is 5.45. The Labute approximate surface area is 131 Å². The first-order chi connectivity index (χ1) is 10.0. The maximum atomic E-state index is 12.3. The summed E-state index contributed by atoms with van der Waals surface area (Å²) in [6, 6.07) is 6.01. The Balaban J connectivity index is 2.76. The molecule has 1 rings (SSSR count). The highest BCUT2D eigenvalue weighted by Crippen LogP contribution is 2.19. The first kappa shape index (κ1) is 18.9. The van der Waals surface area contributed by atoms with Crippen molar-refractivity contribution in [2.75, 3.05) is 19.3 Å². The highest BCUT2D eigenvalue weighted by Gasteiger charge is 2.21. The van der Waals surface area contributed by atoms with Gasteiger partial charge in [0.25, 0.3) is 10.1 Å². The van der Waals surface area contributed by atoms with Crippen molar-refractivity contribution in [1.29, 1.82) is 0 Å². The Morgan fingerprint density at radius 2 is 1.68 bits per heavy atom. The minimum absolute atomic E-state index is 0.00757. The summed E-state index contributed by atoms with van der Waals surface area (Å²) < 4.78 is 61.0. The number of nitrogens with zero attached hydrogens (tertiary/aromatic N) is 1. The third-order valence-electron chi connectivity index (χ3n) is 2.78. The zero-order valence-electron chi connectivity index (χ0n) is 12.8. The van der Waals surface area contributed by atoms with Crippen molar-refractivity contribution in [2.24, 2.45) is 0 Å². The molecule has 0 heterocycles. The lowest BCUT2D eigenvalue weighted by molar-refractivity contribution is 0.242. The summed E-state index contributed by atoms with van der Waals surface area (Å²) in [5.74, 6) is 0.0941. The van der Waals surface area contributed by atoms with E-state index in [1.165, 1.54) is 19.2 Å². The standard InChI is InChI=1S/C13H21NO6S2/c1-11(2)20-12-5-7-13(8-6-12)22(18,19)14(3)9-4-10-21(15,16)17/h5-8,11H,4,9-10H2,1-3H3,(H,15,16,17). The Kier molecular flexibility index (Phi) is 6.36. The molecule has 1 N–H and O–H groups in total. The lowest BCUT2D eigenvalue weighted by atomic mass is 10.3. The van der Waals surface area contributed by atoms with Gasteiger partial charge in [0.05, 0.1) is 16.8 Å². The van der Waals surface area contributed by atoms with Crippen LogP contribution >= 0.6 is 0 Å². The highest BCUT2D eigenvalue weighted by atomic mass is 32.2. The lowest BCUT2D eigenvalue weighted by Gasteiger charge is -2.17. The van der Waals surface area contributed by atoms with Crippen LogP contribution in [-0.4, -0.2) is 51.1 Å². The molecule has 7 nitrogen and oxygen atoms in total. The number of sulfonamides is 1. The van der Waals surface area contributed by atoms with E-state index in [1.54, 1.807) is 12.1 Å². The topological polar surface area (TPSA) is 101 Å². The number of benzene rings is 1. The van der Waals surface area contributed by atoms with Gasteiger partial charge in [-0.15, -0.1) is 0 Å². The van der Waals surface area contributed by atoms with E-state index < -0.39 is 25.9 Å². The molecule has 1 aromatic rings. The predicted molar refractivity (Wildman–Crippen MR) is 83.1 cm³/mol. The Morgan fingerprint density at radius 3 is 2.14 bits per heavy atom. The summed E-state index contributed by atoms with van der Waals surface area (Å²) in [6.07, 6.45) is 0.00823. The van der Waals surface area contributed by atoms with Crippen LogP contribution in [0.4, 0.5) is 0 Å². The van der Waals surface area contributed by atoms with Crippen LogP contribution < -0.4 is 4.74 Å². The molecule has 0 unspecified atom stereocenters. The van der Waals surface area contributed by atoms with Crippen molar-refractivity contribution in [3.05, 3.63) is 24.3 Å². The number of hydrogen-bond donors (Lipinski definition) is 1. The third kappa shape index (κ3) is 5.91. The fraction of sp³-hybridized carbons (Fsp3) is 0.538. The average Bonchev–Trinajstić information content (AvgIpc) is 2.37. The first-order valence-corrected chi connectivity index (χ1v) is 9.75. The predicted octanol–water partition coefficient (Wildman–Crippen LogP) is 1.37. The highest BCUT2D eigenvalue weighted by molar-refractivity contribution is 7.89. The Morgan fingerprint density at radius 1 is 1.14 bits per heavy atom.